The number of rotatable bonds is 6. The van der Waals surface area contributed by atoms with E-state index in [4.69, 9.17) is 4.74 Å². The molecule has 0 saturated carbocycles. The molecule has 1 N–H and O–H groups in total. The third kappa shape index (κ3) is 5.14. The molecule has 0 bridgehead atoms. The lowest BCUT2D eigenvalue weighted by Gasteiger charge is -2.44. The van der Waals surface area contributed by atoms with Crippen molar-refractivity contribution in [2.24, 2.45) is 0 Å². The normalized spacial score (nSPS) is 18.9. The van der Waals surface area contributed by atoms with Gasteiger partial charge >= 0.3 is 5.97 Å². The summed E-state index contributed by atoms with van der Waals surface area (Å²) in [6.07, 6.45) is 0. The van der Waals surface area contributed by atoms with E-state index in [0.29, 0.717) is 19.6 Å². The topological polar surface area (TPSA) is 70.1 Å². The molecule has 2 atom stereocenters. The molecule has 6 nitrogen and oxygen atoms in total. The zero-order chi connectivity index (χ0) is 23.5. The molecule has 0 unspecified atom stereocenters. The third-order valence-corrected chi connectivity index (χ3v) is 6.16. The van der Waals surface area contributed by atoms with Crippen molar-refractivity contribution in [3.05, 3.63) is 77.6 Å². The number of carbonyl (C=O) groups is 2. The van der Waals surface area contributed by atoms with Gasteiger partial charge in [0.15, 0.2) is 6.61 Å². The van der Waals surface area contributed by atoms with E-state index in [1.54, 1.807) is 29.2 Å². The van der Waals surface area contributed by atoms with Crippen LogP contribution >= 0.6 is 0 Å². The molecule has 1 aliphatic rings. The summed E-state index contributed by atoms with van der Waals surface area (Å²) in [5, 5.41) is 11.2. The molecule has 4 rings (SSSR count). The number of carboxylic acid groups (broad SMARTS) is 1. The van der Waals surface area contributed by atoms with Crippen molar-refractivity contribution in [2.75, 3.05) is 19.7 Å². The maximum atomic E-state index is 13.2. The molecule has 7 heteroatoms. The highest BCUT2D eigenvalue weighted by atomic mass is 19.1. The van der Waals surface area contributed by atoms with Crippen molar-refractivity contribution in [3.8, 4) is 5.75 Å². The van der Waals surface area contributed by atoms with Crippen molar-refractivity contribution in [1.29, 1.82) is 0 Å². The van der Waals surface area contributed by atoms with Crippen LogP contribution in [0.4, 0.5) is 4.39 Å². The molecule has 172 valence electrons. The number of amides is 1. The van der Waals surface area contributed by atoms with E-state index in [0.717, 1.165) is 16.3 Å². The minimum Gasteiger partial charge on any atom is -0.483 e. The van der Waals surface area contributed by atoms with Crippen molar-refractivity contribution >= 4 is 22.6 Å². The van der Waals surface area contributed by atoms with E-state index in [9.17, 15) is 19.1 Å². The lowest BCUT2D eigenvalue weighted by molar-refractivity contribution is -0.139. The molecule has 3 aromatic carbocycles. The van der Waals surface area contributed by atoms with Gasteiger partial charge in [0.1, 0.15) is 17.1 Å². The van der Waals surface area contributed by atoms with Crippen LogP contribution in [0, 0.1) is 5.82 Å². The molecule has 0 aliphatic carbocycles. The van der Waals surface area contributed by atoms with Gasteiger partial charge in [0.2, 0.25) is 0 Å². The first-order valence-corrected chi connectivity index (χ1v) is 11.0. The molecule has 1 amide bonds. The minimum absolute atomic E-state index is 0.0340. The van der Waals surface area contributed by atoms with E-state index in [-0.39, 0.29) is 41.7 Å². The number of halogens is 1. The SMILES string of the molecule is C[C@@H]1CN(Cc2ccc(F)cc2)[C@@H](C)CN1C(=O)COc1cc2ccccc2cc1C(=O)O. The number of aromatic carboxylic acids is 1. The molecular weight excluding hydrogens is 423 g/mol. The Morgan fingerprint density at radius 3 is 2.33 bits per heavy atom. The Hall–Kier alpha value is -3.45. The van der Waals surface area contributed by atoms with Crippen LogP contribution < -0.4 is 4.74 Å². The van der Waals surface area contributed by atoms with Crippen LogP contribution in [-0.2, 0) is 11.3 Å². The summed E-state index contributed by atoms with van der Waals surface area (Å²) in [7, 11) is 0. The Bertz CT molecular complexity index is 1160. The fraction of sp³-hybridized carbons (Fsp3) is 0.308. The lowest BCUT2D eigenvalue weighted by Crippen LogP contribution is -2.58. The lowest BCUT2D eigenvalue weighted by atomic mass is 10.1. The van der Waals surface area contributed by atoms with Crippen molar-refractivity contribution in [3.63, 3.8) is 0 Å². The quantitative estimate of drug-likeness (QED) is 0.610. The van der Waals surface area contributed by atoms with Crippen LogP contribution in [0.2, 0.25) is 0 Å². The Morgan fingerprint density at radius 2 is 1.67 bits per heavy atom. The fourth-order valence-corrected chi connectivity index (χ4v) is 4.32. The molecule has 0 radical (unpaired) electrons. The molecule has 1 aliphatic heterocycles. The number of nitrogens with zero attached hydrogens (tertiary/aromatic N) is 2. The maximum absolute atomic E-state index is 13.2. The Kier molecular flexibility index (Phi) is 6.60. The number of hydrogen-bond donors (Lipinski definition) is 1. The van der Waals surface area contributed by atoms with Gasteiger partial charge in [-0.1, -0.05) is 36.4 Å². The first-order chi connectivity index (χ1) is 15.8. The second-order valence-electron chi connectivity index (χ2n) is 8.59. The van der Waals surface area contributed by atoms with E-state index >= 15 is 0 Å². The predicted octanol–water partition coefficient (Wildman–Crippen LogP) is 4.18. The Balaban J connectivity index is 1.41. The second-order valence-corrected chi connectivity index (χ2v) is 8.59. The van der Waals surface area contributed by atoms with Gasteiger partial charge in [0, 0.05) is 31.7 Å². The van der Waals surface area contributed by atoms with Gasteiger partial charge in [0.05, 0.1) is 0 Å². The Labute approximate surface area is 192 Å². The number of benzene rings is 3. The van der Waals surface area contributed by atoms with Crippen molar-refractivity contribution in [2.45, 2.75) is 32.5 Å². The van der Waals surface area contributed by atoms with E-state index < -0.39 is 5.97 Å². The standard InChI is InChI=1S/C26H27FN2O4/c1-17-14-29(18(2)13-28(17)15-19-7-9-22(27)10-8-19)25(30)16-33-24-12-21-6-4-3-5-20(21)11-23(24)26(31)32/h3-12,17-18H,13-16H2,1-2H3,(H,31,32)/t17-,18+/m0/s1. The first-order valence-electron chi connectivity index (χ1n) is 11.0. The summed E-state index contributed by atoms with van der Waals surface area (Å²) >= 11 is 0. The molecule has 1 saturated heterocycles. The number of hydrogen-bond acceptors (Lipinski definition) is 4. The average Bonchev–Trinajstić information content (AvgIpc) is 2.80. The maximum Gasteiger partial charge on any atom is 0.339 e. The highest BCUT2D eigenvalue weighted by molar-refractivity contribution is 5.97. The largest absolute Gasteiger partial charge is 0.483 e. The molecule has 33 heavy (non-hydrogen) atoms. The van der Waals surface area contributed by atoms with E-state index in [1.807, 2.05) is 31.2 Å². The number of fused-ring (bicyclic) bond motifs is 1. The number of piperazine rings is 1. The van der Waals surface area contributed by atoms with Gasteiger partial charge in [-0.2, -0.15) is 0 Å². The predicted molar refractivity (Wildman–Crippen MR) is 124 cm³/mol. The average molecular weight is 451 g/mol. The minimum atomic E-state index is -1.10. The summed E-state index contributed by atoms with van der Waals surface area (Å²) < 4.78 is 18.9. The summed E-state index contributed by atoms with van der Waals surface area (Å²) in [5.41, 5.74) is 1.06. The number of carboxylic acids is 1. The van der Waals surface area contributed by atoms with Crippen LogP contribution in [-0.4, -0.2) is 58.6 Å². The van der Waals surface area contributed by atoms with Gasteiger partial charge in [-0.05, 0) is 54.4 Å². The van der Waals surface area contributed by atoms with Crippen LogP contribution in [0.5, 0.6) is 5.75 Å². The van der Waals surface area contributed by atoms with Crippen molar-refractivity contribution < 1.29 is 23.8 Å². The summed E-state index contributed by atoms with van der Waals surface area (Å²) in [5.74, 6) is -1.35. The summed E-state index contributed by atoms with van der Waals surface area (Å²) in [6.45, 7) is 5.72. The molecule has 0 spiro atoms. The van der Waals surface area contributed by atoms with Crippen molar-refractivity contribution in [1.82, 2.24) is 9.80 Å². The zero-order valence-corrected chi connectivity index (χ0v) is 18.7. The van der Waals surface area contributed by atoms with Crippen LogP contribution in [0.1, 0.15) is 29.8 Å². The van der Waals surface area contributed by atoms with Crippen LogP contribution in [0.25, 0.3) is 10.8 Å². The second kappa shape index (κ2) is 9.58. The highest BCUT2D eigenvalue weighted by Gasteiger charge is 2.32. The van der Waals surface area contributed by atoms with Gasteiger partial charge < -0.3 is 14.7 Å². The fourth-order valence-electron chi connectivity index (χ4n) is 4.32. The molecule has 1 fully saturated rings. The number of ether oxygens (including phenoxy) is 1. The molecule has 1 heterocycles. The van der Waals surface area contributed by atoms with E-state index in [2.05, 4.69) is 11.8 Å². The monoisotopic (exact) mass is 450 g/mol. The number of carbonyl (C=O) groups excluding carboxylic acids is 1. The zero-order valence-electron chi connectivity index (χ0n) is 18.7. The molecular formula is C26H27FN2O4. The first kappa shape index (κ1) is 22.7. The van der Waals surface area contributed by atoms with Gasteiger partial charge in [-0.25, -0.2) is 9.18 Å². The van der Waals surface area contributed by atoms with E-state index in [1.165, 1.54) is 12.1 Å². The Morgan fingerprint density at radius 1 is 1.00 bits per heavy atom. The summed E-state index contributed by atoms with van der Waals surface area (Å²) in [4.78, 5) is 28.7. The van der Waals surface area contributed by atoms with Crippen LogP contribution in [0.15, 0.2) is 60.7 Å². The van der Waals surface area contributed by atoms with Gasteiger partial charge in [-0.3, -0.25) is 9.69 Å². The highest BCUT2D eigenvalue weighted by Crippen LogP contribution is 2.27. The smallest absolute Gasteiger partial charge is 0.339 e. The van der Waals surface area contributed by atoms with Gasteiger partial charge in [0.25, 0.3) is 5.91 Å². The molecule has 3 aromatic rings. The van der Waals surface area contributed by atoms with Gasteiger partial charge in [-0.15, -0.1) is 0 Å². The third-order valence-electron chi connectivity index (χ3n) is 6.16. The molecule has 0 aromatic heterocycles. The van der Waals surface area contributed by atoms with Crippen LogP contribution in [0.3, 0.4) is 0 Å². The summed E-state index contributed by atoms with van der Waals surface area (Å²) in [6, 6.07) is 17.2.